The number of aliphatic hydroxyl groups excluding tert-OH is 29. The number of nitrogens with one attached hydrogen (secondary N) is 4. The molecule has 58 heteroatoms. The van der Waals surface area contributed by atoms with E-state index in [4.69, 9.17) is 99.5 Å². The molecule has 0 bridgehead atoms. The van der Waals surface area contributed by atoms with Gasteiger partial charge in [0, 0.05) is 27.7 Å². The average Bonchev–Trinajstić information content (AvgIpc) is 0.768. The molecule has 11 aliphatic heterocycles. The van der Waals surface area contributed by atoms with Crippen LogP contribution in [0.4, 0.5) is 0 Å². The van der Waals surface area contributed by atoms with E-state index in [1.54, 1.807) is 0 Å². The minimum atomic E-state index is -2.39. The van der Waals surface area contributed by atoms with Gasteiger partial charge in [0.05, 0.1) is 71.7 Å². The third-order valence-corrected chi connectivity index (χ3v) is 24.5. The highest BCUT2D eigenvalue weighted by atomic mass is 16.8. The second kappa shape index (κ2) is 47.0. The lowest BCUT2D eigenvalue weighted by Crippen LogP contribution is -2.71. The van der Waals surface area contributed by atoms with Crippen molar-refractivity contribution in [3.8, 4) is 0 Å². The van der Waals surface area contributed by atoms with Crippen molar-refractivity contribution in [2.75, 3.05) is 59.5 Å². The molecule has 11 rings (SSSR count). The Morgan fingerprint density at radius 2 is 0.447 bits per heavy atom. The molecule has 11 aliphatic rings. The molecule has 764 valence electrons. The summed E-state index contributed by atoms with van der Waals surface area (Å²) in [5.74, 6) is -3.71. The Bertz CT molecular complexity index is 3610. The summed E-state index contributed by atoms with van der Waals surface area (Å²) in [6, 6.07) is -7.55. The highest BCUT2D eigenvalue weighted by Gasteiger charge is 2.63. The first kappa shape index (κ1) is 108. The van der Waals surface area contributed by atoms with E-state index in [-0.39, 0.29) is 0 Å². The average molecular weight is 1930 g/mol. The second-order valence-corrected chi connectivity index (χ2v) is 33.7. The van der Waals surface area contributed by atoms with E-state index >= 15 is 0 Å². The zero-order chi connectivity index (χ0) is 97.1. The Hall–Kier alpha value is -4.12. The Kier molecular flexibility index (Phi) is 38.5. The number of ether oxygens (including phenoxy) is 21. The molecule has 11 heterocycles. The van der Waals surface area contributed by atoms with Gasteiger partial charge in [0.25, 0.3) is 0 Å². The molecule has 0 unspecified atom stereocenters. The summed E-state index contributed by atoms with van der Waals surface area (Å²) in [6.45, 7) is -3.36. The van der Waals surface area contributed by atoms with Crippen LogP contribution in [0.5, 0.6) is 0 Å². The smallest absolute Gasteiger partial charge is 0.217 e. The van der Waals surface area contributed by atoms with Gasteiger partial charge < -0.3 is 269 Å². The molecule has 33 N–H and O–H groups in total. The van der Waals surface area contributed by atoms with Gasteiger partial charge in [-0.15, -0.1) is 0 Å². The quantitative estimate of drug-likeness (QED) is 0.0290. The number of amides is 4. The summed E-state index contributed by atoms with van der Waals surface area (Å²) >= 11 is 0. The molecular formula is C74H124N4O54. The van der Waals surface area contributed by atoms with Gasteiger partial charge in [-0.3, -0.25) is 19.2 Å². The van der Waals surface area contributed by atoms with E-state index in [0.717, 1.165) is 27.7 Å². The van der Waals surface area contributed by atoms with Gasteiger partial charge in [0.15, 0.2) is 69.2 Å². The van der Waals surface area contributed by atoms with Crippen LogP contribution in [0.25, 0.3) is 0 Å². The maximum atomic E-state index is 12.9. The van der Waals surface area contributed by atoms with Crippen LogP contribution >= 0.6 is 0 Å². The van der Waals surface area contributed by atoms with Crippen molar-refractivity contribution in [2.24, 2.45) is 0 Å². The van der Waals surface area contributed by atoms with Gasteiger partial charge >= 0.3 is 0 Å². The topological polar surface area (TPSA) is 897 Å². The number of hydrogen-bond donors (Lipinski definition) is 33. The summed E-state index contributed by atoms with van der Waals surface area (Å²) in [4.78, 5) is 51.6. The highest BCUT2D eigenvalue weighted by molar-refractivity contribution is 5.74. The van der Waals surface area contributed by atoms with Gasteiger partial charge in [-0.2, -0.15) is 0 Å². The maximum Gasteiger partial charge on any atom is 0.217 e. The molecule has 11 saturated heterocycles. The summed E-state index contributed by atoms with van der Waals surface area (Å²) in [5, 5.41) is 332. The van der Waals surface area contributed by atoms with Crippen LogP contribution in [-0.2, 0) is 119 Å². The van der Waals surface area contributed by atoms with E-state index < -0.39 is 421 Å². The third kappa shape index (κ3) is 23.5. The molecule has 58 nitrogen and oxygen atoms in total. The number of aliphatic hydroxyl groups is 29. The fraction of sp³-hybridized carbons (Fsp3) is 0.946. The number of hydrogen-bond acceptors (Lipinski definition) is 54. The summed E-state index contributed by atoms with van der Waals surface area (Å²) < 4.78 is 123. The molecular weight excluding hydrogens is 1810 g/mol. The largest absolute Gasteiger partial charge is 0.394 e. The van der Waals surface area contributed by atoms with Crippen LogP contribution in [0.2, 0.25) is 0 Å². The summed E-state index contributed by atoms with van der Waals surface area (Å²) in [7, 11) is 0. The molecule has 0 aromatic carbocycles. The number of rotatable bonds is 33. The van der Waals surface area contributed by atoms with Crippen LogP contribution in [0, 0.1) is 0 Å². The molecule has 0 spiro atoms. The zero-order valence-electron chi connectivity index (χ0n) is 71.3. The predicted octanol–water partition coefficient (Wildman–Crippen LogP) is -22.3. The molecule has 0 aromatic heterocycles. The van der Waals surface area contributed by atoms with Crippen molar-refractivity contribution < 1.29 is 267 Å². The Morgan fingerprint density at radius 1 is 0.212 bits per heavy atom. The van der Waals surface area contributed by atoms with Crippen molar-refractivity contribution in [1.82, 2.24) is 21.3 Å². The summed E-state index contributed by atoms with van der Waals surface area (Å²) in [5.41, 5.74) is 0. The highest BCUT2D eigenvalue weighted by Crippen LogP contribution is 2.42. The van der Waals surface area contributed by atoms with Crippen LogP contribution < -0.4 is 21.3 Å². The van der Waals surface area contributed by atoms with E-state index in [0.29, 0.717) is 0 Å². The van der Waals surface area contributed by atoms with Gasteiger partial charge in [-0.25, -0.2) is 0 Å². The predicted molar refractivity (Wildman–Crippen MR) is 406 cm³/mol. The molecule has 0 aliphatic carbocycles. The Balaban J connectivity index is 0.729. The second-order valence-electron chi connectivity index (χ2n) is 33.7. The summed E-state index contributed by atoms with van der Waals surface area (Å²) in [6.07, 6.45) is -101. The molecule has 0 saturated carbocycles. The van der Waals surface area contributed by atoms with Gasteiger partial charge in [0.2, 0.25) is 23.6 Å². The van der Waals surface area contributed by atoms with Crippen LogP contribution in [0.1, 0.15) is 41.5 Å². The van der Waals surface area contributed by atoms with Crippen LogP contribution in [0.3, 0.4) is 0 Å². The van der Waals surface area contributed by atoms with Gasteiger partial charge in [-0.05, 0) is 13.8 Å². The molecule has 4 amide bonds. The van der Waals surface area contributed by atoms with E-state index in [1.165, 1.54) is 13.8 Å². The van der Waals surface area contributed by atoms with Crippen LogP contribution in [0.15, 0.2) is 0 Å². The SMILES string of the molecule is CC(=O)N[C@H]1[C@H](OC[C@H]2O[C@H](O)[C@@H](O[C@@H]3O[C@H](CO)[C@@H](O[C@@H]4O[C@H](CO)[C@H](O)[C@H](O[C@@H]5O[C@H](CO)[C@@H](O[C@@H]6O[C@H](CO)[C@H](O)[C@H](O)[C@H]6O[C@@H]6O[C@@H](C)[C@@H](O)[C@@H](O)[C@@H]6O)[C@H](O)[C@H]5NC(C)=O)[C@H]4O)[C@H](O)[C@H]3NC(C)=O)[C@@H](O)[C@@H]2O)O[C@H](CO)[C@@H](O[C@@H]2O[C@H](CO)[C@H](O)[C@H](O[C@@H]3O[C@H](CO)[C@@H](O[C@@H]4O[C@H](CO)[C@H](O)[C@H](O)[C@H]4O[C@@H]4O[C@@H](C)[C@@H](O)[C@@H](O)[C@@H]4O)[C@H](O)[C@H]3NC(C)=O)[C@H]2O)[C@@H]1O. The lowest BCUT2D eigenvalue weighted by molar-refractivity contribution is -0.392. The van der Waals surface area contributed by atoms with E-state index in [9.17, 15) is 167 Å². The Labute approximate surface area is 748 Å². The van der Waals surface area contributed by atoms with Crippen molar-refractivity contribution in [1.29, 1.82) is 0 Å². The van der Waals surface area contributed by atoms with Crippen molar-refractivity contribution >= 4 is 23.6 Å². The number of carbonyl (C=O) groups is 4. The van der Waals surface area contributed by atoms with Crippen molar-refractivity contribution in [2.45, 2.75) is 379 Å². The van der Waals surface area contributed by atoms with Gasteiger partial charge in [0.1, 0.15) is 256 Å². The minimum Gasteiger partial charge on any atom is -0.394 e. The molecule has 0 radical (unpaired) electrons. The lowest BCUT2D eigenvalue weighted by atomic mass is 9.94. The zero-order valence-corrected chi connectivity index (χ0v) is 71.3. The fourth-order valence-electron chi connectivity index (χ4n) is 17.3. The molecule has 55 atom stereocenters. The standard InChI is InChI=1S/C74H124N4O54/c1-16-35(91)46(102)51(107)69(113-16)131-62-49(105)37(93)22(7-79)118-73(62)126-57-28(13-85)121-66(32(44(57)100)76-19(4)88)128-59-40(96)24(9-81)116-71(53(59)109)124-55-26(11-83)120-65(31(42(55)98)75-18(3)87)112-15-30-39(95)48(104)61(64(111)115-30)130-68-34(78-21(6)90)43(99)56(27(12-84)123-68)125-72-54(110)60(41(97)25(10-82)117-72)129-67-33(77-20(5)89)45(101)58(29(14-86)122-67)127-74-63(50(106)38(94)23(8-80)119-74)132-70-52(108)47(103)36(92)17(2)114-70/h16-17,22-74,79-86,91-111H,7-15H2,1-6H3,(H,75,87)(H,76,88)(H,77,89)(H,78,90)/t16-,17-,22+,23+,24+,25+,26+,27+,28+,29+,30+,31+,32+,33+,34+,35+,36+,37-,38-,39+,40-,41-,42+,43+,44+,45+,46+,47+,48-,49-,50-,51-,52-,53+,54+,55+,56+,57+,58+,59-,60-,61-,62+,63+,64-,65+,66-,67-,68-,69-,70-,71-,72-,73-,74-/m0/s1. The molecule has 0 aromatic rings. The Morgan fingerprint density at radius 3 is 0.758 bits per heavy atom. The minimum absolute atomic E-state index is 0.910. The molecule has 132 heavy (non-hydrogen) atoms. The molecule has 11 fully saturated rings. The monoisotopic (exact) mass is 1930 g/mol. The third-order valence-electron chi connectivity index (χ3n) is 24.5. The van der Waals surface area contributed by atoms with E-state index in [1.807, 2.05) is 0 Å². The first-order valence-corrected chi connectivity index (χ1v) is 42.4. The number of carbonyl (C=O) groups excluding carboxylic acids is 4. The van der Waals surface area contributed by atoms with Crippen LogP contribution in [-0.4, -0.2) is 569 Å². The van der Waals surface area contributed by atoms with Gasteiger partial charge in [-0.1, -0.05) is 0 Å². The first-order chi connectivity index (χ1) is 62.4. The first-order valence-electron chi connectivity index (χ1n) is 42.4. The maximum absolute atomic E-state index is 12.9. The van der Waals surface area contributed by atoms with E-state index in [2.05, 4.69) is 21.3 Å². The lowest BCUT2D eigenvalue weighted by Gasteiger charge is -2.51. The fourth-order valence-corrected chi connectivity index (χ4v) is 17.3. The van der Waals surface area contributed by atoms with Crippen molar-refractivity contribution in [3.05, 3.63) is 0 Å². The normalized spacial score (nSPS) is 50.4. The van der Waals surface area contributed by atoms with Crippen molar-refractivity contribution in [3.63, 3.8) is 0 Å².